The zero-order valence-corrected chi connectivity index (χ0v) is 18.6. The Kier molecular flexibility index (Phi) is 6.54. The van der Waals surface area contributed by atoms with E-state index in [2.05, 4.69) is 0 Å². The lowest BCUT2D eigenvalue weighted by molar-refractivity contribution is -0.137. The fraction of sp³-hybridized carbons (Fsp3) is 0.185. The Morgan fingerprint density at radius 3 is 2.21 bits per heavy atom. The Morgan fingerprint density at radius 2 is 1.52 bits per heavy atom. The fourth-order valence-electron chi connectivity index (χ4n) is 4.04. The molecule has 0 atom stereocenters. The zero-order chi connectivity index (χ0) is 23.4. The van der Waals surface area contributed by atoms with Gasteiger partial charge in [0.1, 0.15) is 17.3 Å². The quantitative estimate of drug-likeness (QED) is 0.487. The van der Waals surface area contributed by atoms with Crippen molar-refractivity contribution in [1.82, 2.24) is 9.80 Å². The van der Waals surface area contributed by atoms with Gasteiger partial charge in [-0.15, -0.1) is 0 Å². The van der Waals surface area contributed by atoms with E-state index in [4.69, 9.17) is 4.74 Å². The second-order valence-electron chi connectivity index (χ2n) is 7.90. The van der Waals surface area contributed by atoms with Crippen LogP contribution >= 0.6 is 0 Å². The minimum absolute atomic E-state index is 0.199. The third-order valence-electron chi connectivity index (χ3n) is 5.70. The zero-order valence-electron chi connectivity index (χ0n) is 18.6. The van der Waals surface area contributed by atoms with Crippen molar-refractivity contribution in [2.75, 3.05) is 20.7 Å². The number of methoxy groups -OCH3 is 1. The number of carbonyl (C=O) groups is 2. The Bertz CT molecular complexity index is 1190. The van der Waals surface area contributed by atoms with E-state index in [-0.39, 0.29) is 24.2 Å². The summed E-state index contributed by atoms with van der Waals surface area (Å²) in [4.78, 5) is 30.1. The first-order valence-electron chi connectivity index (χ1n) is 10.7. The van der Waals surface area contributed by atoms with E-state index in [1.165, 1.54) is 17.0 Å². The van der Waals surface area contributed by atoms with Gasteiger partial charge in [0.15, 0.2) is 0 Å². The van der Waals surface area contributed by atoms with Crippen LogP contribution in [0.15, 0.2) is 84.6 Å². The Labute approximate surface area is 192 Å². The van der Waals surface area contributed by atoms with E-state index >= 15 is 0 Å². The number of imide groups is 1. The molecule has 168 valence electrons. The number of hydrogen-bond donors (Lipinski definition) is 0. The van der Waals surface area contributed by atoms with E-state index in [1.807, 2.05) is 54.4 Å². The number of para-hydroxylation sites is 1. The molecule has 0 N–H and O–H groups in total. The molecule has 0 unspecified atom stereocenters. The smallest absolute Gasteiger partial charge is 0.277 e. The molecule has 0 radical (unpaired) electrons. The molecule has 0 saturated carbocycles. The maximum absolute atomic E-state index is 13.5. The Balaban J connectivity index is 1.68. The van der Waals surface area contributed by atoms with Crippen molar-refractivity contribution in [2.24, 2.45) is 0 Å². The lowest BCUT2D eigenvalue weighted by atomic mass is 10.0. The van der Waals surface area contributed by atoms with Crippen molar-refractivity contribution < 1.29 is 18.7 Å². The molecule has 1 heterocycles. The average molecular weight is 445 g/mol. The molecule has 33 heavy (non-hydrogen) atoms. The van der Waals surface area contributed by atoms with Gasteiger partial charge < -0.3 is 9.64 Å². The highest BCUT2D eigenvalue weighted by Crippen LogP contribution is 2.36. The maximum atomic E-state index is 13.5. The summed E-state index contributed by atoms with van der Waals surface area (Å²) in [6, 6.07) is 23.1. The summed E-state index contributed by atoms with van der Waals surface area (Å²) in [6.45, 7) is 0.671. The number of carbonyl (C=O) groups excluding carboxylic acids is 2. The van der Waals surface area contributed by atoms with E-state index in [0.717, 1.165) is 11.1 Å². The highest BCUT2D eigenvalue weighted by Gasteiger charge is 2.41. The van der Waals surface area contributed by atoms with E-state index in [0.29, 0.717) is 35.5 Å². The van der Waals surface area contributed by atoms with Crippen LogP contribution in [0.4, 0.5) is 4.39 Å². The van der Waals surface area contributed by atoms with E-state index in [9.17, 15) is 14.0 Å². The topological polar surface area (TPSA) is 49.9 Å². The Hall–Kier alpha value is -3.93. The summed E-state index contributed by atoms with van der Waals surface area (Å²) in [5.74, 6) is -0.500. The van der Waals surface area contributed by atoms with Crippen LogP contribution in [-0.4, -0.2) is 42.3 Å². The molecule has 0 aliphatic carbocycles. The van der Waals surface area contributed by atoms with Crippen molar-refractivity contribution in [1.29, 1.82) is 0 Å². The van der Waals surface area contributed by atoms with Crippen LogP contribution in [0.2, 0.25) is 0 Å². The molecular formula is C27H25FN2O3. The van der Waals surface area contributed by atoms with E-state index in [1.54, 1.807) is 31.4 Å². The van der Waals surface area contributed by atoms with Gasteiger partial charge in [-0.2, -0.15) is 0 Å². The van der Waals surface area contributed by atoms with Crippen molar-refractivity contribution in [3.8, 4) is 5.75 Å². The van der Waals surface area contributed by atoms with Crippen LogP contribution < -0.4 is 4.74 Å². The molecule has 0 spiro atoms. The highest BCUT2D eigenvalue weighted by atomic mass is 19.1. The second kappa shape index (κ2) is 9.69. The van der Waals surface area contributed by atoms with Crippen LogP contribution in [0, 0.1) is 5.82 Å². The number of rotatable bonds is 8. The number of amides is 2. The van der Waals surface area contributed by atoms with Gasteiger partial charge >= 0.3 is 0 Å². The first-order chi connectivity index (χ1) is 16.0. The van der Waals surface area contributed by atoms with Crippen molar-refractivity contribution in [2.45, 2.75) is 13.0 Å². The number of ether oxygens (including phenoxy) is 1. The molecule has 5 nitrogen and oxygen atoms in total. The number of nitrogens with zero attached hydrogens (tertiary/aromatic N) is 2. The molecule has 0 saturated heterocycles. The number of likely N-dealkylation sites (N-methyl/N-ethyl adjacent to an activating group) is 1. The summed E-state index contributed by atoms with van der Waals surface area (Å²) in [5.41, 5.74) is 3.12. The lowest BCUT2D eigenvalue weighted by Gasteiger charge is -2.22. The molecule has 0 fully saturated rings. The predicted molar refractivity (Wildman–Crippen MR) is 125 cm³/mol. The molecule has 2 amide bonds. The molecule has 3 aromatic rings. The van der Waals surface area contributed by atoms with Crippen molar-refractivity contribution >= 4 is 17.4 Å². The van der Waals surface area contributed by atoms with Crippen LogP contribution in [0.25, 0.3) is 5.57 Å². The van der Waals surface area contributed by atoms with Gasteiger partial charge in [-0.1, -0.05) is 60.7 Å². The van der Waals surface area contributed by atoms with Crippen LogP contribution in [0.5, 0.6) is 5.75 Å². The van der Waals surface area contributed by atoms with Crippen molar-refractivity contribution in [3.63, 3.8) is 0 Å². The standard InChI is InChI=1S/C27H25FN2O3/c1-29(18-20-8-4-3-5-9-20)25-24(22-10-6-7-11-23(22)33-2)26(31)30(27(25)32)17-16-19-12-14-21(28)15-13-19/h3-15H,16-18H2,1-2H3. The Morgan fingerprint density at radius 1 is 0.848 bits per heavy atom. The van der Waals surface area contributed by atoms with E-state index < -0.39 is 0 Å². The molecular weight excluding hydrogens is 419 g/mol. The minimum atomic E-state index is -0.360. The van der Waals surface area contributed by atoms with Gasteiger partial charge in [0.05, 0.1) is 12.7 Å². The van der Waals surface area contributed by atoms with Gasteiger partial charge in [0, 0.05) is 25.7 Å². The highest BCUT2D eigenvalue weighted by molar-refractivity contribution is 6.36. The molecule has 0 bridgehead atoms. The molecule has 6 heteroatoms. The normalized spacial score (nSPS) is 13.6. The number of hydrogen-bond acceptors (Lipinski definition) is 4. The predicted octanol–water partition coefficient (Wildman–Crippen LogP) is 4.29. The molecule has 0 aromatic heterocycles. The summed E-state index contributed by atoms with van der Waals surface area (Å²) < 4.78 is 18.7. The first-order valence-corrected chi connectivity index (χ1v) is 10.7. The van der Waals surface area contributed by atoms with Gasteiger partial charge in [-0.25, -0.2) is 4.39 Å². The van der Waals surface area contributed by atoms with Gasteiger partial charge in [-0.05, 0) is 35.7 Å². The SMILES string of the molecule is COc1ccccc1C1=C(N(C)Cc2ccccc2)C(=O)N(CCc2ccc(F)cc2)C1=O. The number of halogens is 1. The summed E-state index contributed by atoms with van der Waals surface area (Å²) in [6.07, 6.45) is 0.437. The minimum Gasteiger partial charge on any atom is -0.496 e. The third-order valence-corrected chi connectivity index (χ3v) is 5.70. The molecule has 3 aromatic carbocycles. The van der Waals surface area contributed by atoms with Gasteiger partial charge in [-0.3, -0.25) is 14.5 Å². The first kappa shape index (κ1) is 22.3. The average Bonchev–Trinajstić information content (AvgIpc) is 3.08. The largest absolute Gasteiger partial charge is 0.496 e. The summed E-state index contributed by atoms with van der Waals surface area (Å²) in [7, 11) is 3.35. The fourth-order valence-corrected chi connectivity index (χ4v) is 4.04. The van der Waals surface area contributed by atoms with Crippen molar-refractivity contribution in [3.05, 3.63) is 107 Å². The third kappa shape index (κ3) is 4.65. The lowest BCUT2D eigenvalue weighted by Crippen LogP contribution is -2.35. The molecule has 4 rings (SSSR count). The molecule has 1 aliphatic rings. The van der Waals surface area contributed by atoms with Gasteiger partial charge in [0.2, 0.25) is 0 Å². The summed E-state index contributed by atoms with van der Waals surface area (Å²) >= 11 is 0. The van der Waals surface area contributed by atoms with Crippen LogP contribution in [0.1, 0.15) is 16.7 Å². The monoisotopic (exact) mass is 444 g/mol. The van der Waals surface area contributed by atoms with Crippen LogP contribution in [-0.2, 0) is 22.6 Å². The molecule has 1 aliphatic heterocycles. The van der Waals surface area contributed by atoms with Gasteiger partial charge in [0.25, 0.3) is 11.8 Å². The maximum Gasteiger partial charge on any atom is 0.277 e. The number of benzene rings is 3. The summed E-state index contributed by atoms with van der Waals surface area (Å²) in [5, 5.41) is 0. The van der Waals surface area contributed by atoms with Crippen LogP contribution in [0.3, 0.4) is 0 Å². The second-order valence-corrected chi connectivity index (χ2v) is 7.90.